The van der Waals surface area contributed by atoms with Gasteiger partial charge in [-0.25, -0.2) is 0 Å². The number of nitrogens with zero attached hydrogens (tertiary/aromatic N) is 2. The molecule has 0 aliphatic heterocycles. The van der Waals surface area contributed by atoms with Crippen LogP contribution in [0.25, 0.3) is 0 Å². The number of aryl methyl sites for hydroxylation is 1. The number of aliphatic hydroxyl groups excluding tert-OH is 1. The van der Waals surface area contributed by atoms with Crippen molar-refractivity contribution < 1.29 is 9.90 Å². The van der Waals surface area contributed by atoms with Gasteiger partial charge in [0.2, 0.25) is 5.91 Å². The van der Waals surface area contributed by atoms with Crippen LogP contribution >= 0.6 is 0 Å². The Hall–Kier alpha value is -2.58. The third-order valence-electron chi connectivity index (χ3n) is 2.59. The zero-order valence-corrected chi connectivity index (χ0v) is 10.9. The molecule has 5 nitrogen and oxygen atoms in total. The molecule has 102 valence electrons. The number of carbonyl (C=O) groups excluding carboxylic acids is 1. The summed E-state index contributed by atoms with van der Waals surface area (Å²) in [5.41, 5.74) is 1.45. The van der Waals surface area contributed by atoms with Crippen LogP contribution in [-0.4, -0.2) is 27.4 Å². The van der Waals surface area contributed by atoms with E-state index in [9.17, 15) is 4.79 Å². The number of anilines is 1. The van der Waals surface area contributed by atoms with E-state index < -0.39 is 0 Å². The number of aromatic nitrogens is 2. The van der Waals surface area contributed by atoms with Crippen molar-refractivity contribution in [2.24, 2.45) is 0 Å². The fourth-order valence-electron chi connectivity index (χ4n) is 1.69. The number of nitrogens with one attached hydrogen (secondary N) is 1. The van der Waals surface area contributed by atoms with Crippen molar-refractivity contribution in [1.29, 1.82) is 0 Å². The molecule has 0 bridgehead atoms. The van der Waals surface area contributed by atoms with Crippen molar-refractivity contribution in [1.82, 2.24) is 9.78 Å². The molecule has 2 N–H and O–H groups in total. The molecule has 0 unspecified atom stereocenters. The standard InChI is InChI=1S/C15H15N3O2/c19-11-2-5-13-4-1-6-14(12-13)17-15(20)7-10-18-9-3-8-16-18/h1,3-4,6,8-9,12,19H,7,10-11H2,(H,17,20). The first-order valence-electron chi connectivity index (χ1n) is 6.25. The van der Waals surface area contributed by atoms with Gasteiger partial charge in [0.25, 0.3) is 0 Å². The molecule has 2 aromatic rings. The van der Waals surface area contributed by atoms with E-state index in [0.717, 1.165) is 5.56 Å². The predicted octanol–water partition coefficient (Wildman–Crippen LogP) is 1.26. The predicted molar refractivity (Wildman–Crippen MR) is 75.9 cm³/mol. The van der Waals surface area contributed by atoms with E-state index in [4.69, 9.17) is 5.11 Å². The van der Waals surface area contributed by atoms with Gasteiger partial charge in [-0.15, -0.1) is 0 Å². The van der Waals surface area contributed by atoms with Crippen LogP contribution in [0.3, 0.4) is 0 Å². The van der Waals surface area contributed by atoms with Crippen LogP contribution in [-0.2, 0) is 11.3 Å². The molecular formula is C15H15N3O2. The number of benzene rings is 1. The van der Waals surface area contributed by atoms with Gasteiger partial charge in [0.15, 0.2) is 0 Å². The van der Waals surface area contributed by atoms with Crippen molar-refractivity contribution >= 4 is 11.6 Å². The van der Waals surface area contributed by atoms with Crippen LogP contribution in [0.15, 0.2) is 42.7 Å². The summed E-state index contributed by atoms with van der Waals surface area (Å²) in [4.78, 5) is 11.8. The second-order valence-corrected chi connectivity index (χ2v) is 4.11. The number of hydrogen-bond donors (Lipinski definition) is 2. The quantitative estimate of drug-likeness (QED) is 0.821. The van der Waals surface area contributed by atoms with Crippen LogP contribution in [0.2, 0.25) is 0 Å². The summed E-state index contributed by atoms with van der Waals surface area (Å²) >= 11 is 0. The van der Waals surface area contributed by atoms with Gasteiger partial charge in [-0.3, -0.25) is 9.48 Å². The Kier molecular flexibility index (Phi) is 4.93. The van der Waals surface area contributed by atoms with Gasteiger partial charge in [-0.1, -0.05) is 17.9 Å². The molecule has 0 aliphatic carbocycles. The largest absolute Gasteiger partial charge is 0.384 e. The van der Waals surface area contributed by atoms with E-state index in [-0.39, 0.29) is 12.5 Å². The van der Waals surface area contributed by atoms with E-state index >= 15 is 0 Å². The summed E-state index contributed by atoms with van der Waals surface area (Å²) < 4.78 is 1.71. The summed E-state index contributed by atoms with van der Waals surface area (Å²) in [6.07, 6.45) is 3.85. The summed E-state index contributed by atoms with van der Waals surface area (Å²) in [5.74, 6) is 5.29. The van der Waals surface area contributed by atoms with Gasteiger partial charge in [-0.2, -0.15) is 5.10 Å². The molecule has 5 heteroatoms. The lowest BCUT2D eigenvalue weighted by Crippen LogP contribution is -2.14. The van der Waals surface area contributed by atoms with Crippen LogP contribution in [0.1, 0.15) is 12.0 Å². The maximum atomic E-state index is 11.8. The number of rotatable bonds is 4. The highest BCUT2D eigenvalue weighted by Crippen LogP contribution is 2.10. The van der Waals surface area contributed by atoms with E-state index in [2.05, 4.69) is 22.3 Å². The first-order chi connectivity index (χ1) is 9.78. The Bertz CT molecular complexity index is 624. The van der Waals surface area contributed by atoms with E-state index in [1.54, 1.807) is 23.0 Å². The molecule has 1 heterocycles. The zero-order valence-electron chi connectivity index (χ0n) is 10.9. The summed E-state index contributed by atoms with van der Waals surface area (Å²) in [6, 6.07) is 9.03. The van der Waals surface area contributed by atoms with Crippen molar-refractivity contribution in [3.63, 3.8) is 0 Å². The monoisotopic (exact) mass is 269 g/mol. The highest BCUT2D eigenvalue weighted by molar-refractivity contribution is 5.90. The highest BCUT2D eigenvalue weighted by atomic mass is 16.2. The average molecular weight is 269 g/mol. The van der Waals surface area contributed by atoms with Crippen LogP contribution in [0, 0.1) is 11.8 Å². The molecule has 1 aromatic carbocycles. The summed E-state index contributed by atoms with van der Waals surface area (Å²) in [7, 11) is 0. The third-order valence-corrected chi connectivity index (χ3v) is 2.59. The van der Waals surface area contributed by atoms with E-state index in [1.807, 2.05) is 24.4 Å². The topological polar surface area (TPSA) is 67.2 Å². The van der Waals surface area contributed by atoms with Crippen molar-refractivity contribution in [3.05, 3.63) is 48.3 Å². The van der Waals surface area contributed by atoms with Gasteiger partial charge in [0, 0.05) is 36.6 Å². The van der Waals surface area contributed by atoms with Crippen molar-refractivity contribution in [2.75, 3.05) is 11.9 Å². The summed E-state index contributed by atoms with van der Waals surface area (Å²) in [6.45, 7) is 0.364. The minimum Gasteiger partial charge on any atom is -0.384 e. The number of amides is 1. The molecular weight excluding hydrogens is 254 g/mol. The van der Waals surface area contributed by atoms with Gasteiger partial charge < -0.3 is 10.4 Å². The lowest BCUT2D eigenvalue weighted by Gasteiger charge is -2.05. The molecule has 0 atom stereocenters. The van der Waals surface area contributed by atoms with E-state index in [1.165, 1.54) is 0 Å². The van der Waals surface area contributed by atoms with Crippen molar-refractivity contribution in [2.45, 2.75) is 13.0 Å². The second-order valence-electron chi connectivity index (χ2n) is 4.11. The molecule has 0 saturated carbocycles. The minimum absolute atomic E-state index is 0.0761. The molecule has 0 saturated heterocycles. The lowest BCUT2D eigenvalue weighted by atomic mass is 10.2. The molecule has 2 rings (SSSR count). The molecule has 0 fully saturated rings. The SMILES string of the molecule is O=C(CCn1cccn1)Nc1cccc(C#CCO)c1. The maximum Gasteiger partial charge on any atom is 0.226 e. The molecule has 0 aliphatic rings. The fourth-order valence-corrected chi connectivity index (χ4v) is 1.69. The Morgan fingerprint density at radius 2 is 2.30 bits per heavy atom. The first kappa shape index (κ1) is 13.8. The minimum atomic E-state index is -0.180. The van der Waals surface area contributed by atoms with Gasteiger partial charge >= 0.3 is 0 Å². The molecule has 1 aromatic heterocycles. The van der Waals surface area contributed by atoms with Gasteiger partial charge in [-0.05, 0) is 24.3 Å². The number of aliphatic hydroxyl groups is 1. The Labute approximate surface area is 117 Å². The summed E-state index contributed by atoms with van der Waals surface area (Å²) in [5, 5.41) is 15.5. The zero-order chi connectivity index (χ0) is 14.2. The highest BCUT2D eigenvalue weighted by Gasteiger charge is 2.03. The fraction of sp³-hybridized carbons (Fsp3) is 0.200. The van der Waals surface area contributed by atoms with Crippen LogP contribution in [0.4, 0.5) is 5.69 Å². The third kappa shape index (κ3) is 4.26. The average Bonchev–Trinajstić information content (AvgIpc) is 2.97. The first-order valence-corrected chi connectivity index (χ1v) is 6.25. The smallest absolute Gasteiger partial charge is 0.226 e. The van der Waals surface area contributed by atoms with Gasteiger partial charge in [0.05, 0.1) is 0 Å². The van der Waals surface area contributed by atoms with Gasteiger partial charge in [0.1, 0.15) is 6.61 Å². The maximum absolute atomic E-state index is 11.8. The Balaban J connectivity index is 1.90. The number of hydrogen-bond acceptors (Lipinski definition) is 3. The lowest BCUT2D eigenvalue weighted by molar-refractivity contribution is -0.116. The van der Waals surface area contributed by atoms with Crippen LogP contribution in [0.5, 0.6) is 0 Å². The Morgan fingerprint density at radius 3 is 3.05 bits per heavy atom. The molecule has 1 amide bonds. The molecule has 0 radical (unpaired) electrons. The van der Waals surface area contributed by atoms with Crippen molar-refractivity contribution in [3.8, 4) is 11.8 Å². The Morgan fingerprint density at radius 1 is 1.40 bits per heavy atom. The van der Waals surface area contributed by atoms with Crippen LogP contribution < -0.4 is 5.32 Å². The van der Waals surface area contributed by atoms with E-state index in [0.29, 0.717) is 18.7 Å². The second kappa shape index (κ2) is 7.12. The molecule has 0 spiro atoms. The normalized spacial score (nSPS) is 9.65. The number of carbonyl (C=O) groups is 1. The molecule has 20 heavy (non-hydrogen) atoms.